The van der Waals surface area contributed by atoms with Gasteiger partial charge in [0.1, 0.15) is 5.75 Å². The summed E-state index contributed by atoms with van der Waals surface area (Å²) in [7, 11) is 0. The van der Waals surface area contributed by atoms with Crippen LogP contribution in [0.5, 0.6) is 5.75 Å². The first kappa shape index (κ1) is 11.0. The van der Waals surface area contributed by atoms with Crippen LogP contribution in [0.4, 0.5) is 0 Å². The normalized spacial score (nSPS) is 17.1. The highest BCUT2D eigenvalue weighted by Crippen LogP contribution is 2.42. The molecule has 0 spiro atoms. The van der Waals surface area contributed by atoms with Crippen LogP contribution in [-0.4, -0.2) is 16.2 Å². The number of phenolic OH excluding ortho intramolecular Hbond substituents is 1. The van der Waals surface area contributed by atoms with Gasteiger partial charge in [-0.15, -0.1) is 0 Å². The molecule has 1 atom stereocenters. The van der Waals surface area contributed by atoms with Gasteiger partial charge in [0.15, 0.2) is 0 Å². The second kappa shape index (κ2) is 3.79. The van der Waals surface area contributed by atoms with E-state index in [-0.39, 0.29) is 17.4 Å². The van der Waals surface area contributed by atoms with Crippen LogP contribution in [0, 0.1) is 12.8 Å². The van der Waals surface area contributed by atoms with Gasteiger partial charge in [0.25, 0.3) is 0 Å². The highest BCUT2D eigenvalue weighted by Gasteiger charge is 2.31. The highest BCUT2D eigenvalue weighted by molar-refractivity contribution is 5.88. The molecule has 0 heterocycles. The number of carboxylic acids is 1. The molecule has 4 N–H and O–H groups in total. The first-order chi connectivity index (χ1) is 7.50. The smallest absolute Gasteiger partial charge is 0.335 e. The molecule has 0 aromatic heterocycles. The molecule has 1 aromatic carbocycles. The second-order valence-electron chi connectivity index (χ2n) is 4.40. The number of aromatic hydroxyl groups is 1. The lowest BCUT2D eigenvalue weighted by Gasteiger charge is -2.15. The maximum absolute atomic E-state index is 10.9. The van der Waals surface area contributed by atoms with Gasteiger partial charge >= 0.3 is 5.97 Å². The zero-order chi connectivity index (χ0) is 11.9. The Morgan fingerprint density at radius 2 is 2.12 bits per heavy atom. The Hall–Kier alpha value is -1.55. The van der Waals surface area contributed by atoms with Gasteiger partial charge in [0, 0.05) is 11.6 Å². The zero-order valence-electron chi connectivity index (χ0n) is 9.10. The Kier molecular flexibility index (Phi) is 2.59. The lowest BCUT2D eigenvalue weighted by atomic mass is 9.97. The van der Waals surface area contributed by atoms with Crippen LogP contribution in [0.25, 0.3) is 0 Å². The van der Waals surface area contributed by atoms with E-state index >= 15 is 0 Å². The molecule has 0 unspecified atom stereocenters. The SMILES string of the molecule is Cc1cc(C(=O)O)cc([C@H](N)C2CC2)c1O. The summed E-state index contributed by atoms with van der Waals surface area (Å²) in [6.07, 6.45) is 2.11. The summed E-state index contributed by atoms with van der Waals surface area (Å²) < 4.78 is 0. The standard InChI is InChI=1S/C12H15NO3/c1-6-4-8(12(15)16)5-9(11(6)14)10(13)7-2-3-7/h4-5,7,10,14H,2-3,13H2,1H3,(H,15,16)/t10-/m1/s1. The predicted octanol–water partition coefficient (Wildman–Crippen LogP) is 1.81. The minimum absolute atomic E-state index is 0.129. The van der Waals surface area contributed by atoms with Crippen LogP contribution in [0.3, 0.4) is 0 Å². The molecule has 0 amide bonds. The molecule has 0 aliphatic heterocycles. The van der Waals surface area contributed by atoms with Crippen LogP contribution in [-0.2, 0) is 0 Å². The van der Waals surface area contributed by atoms with E-state index in [4.69, 9.17) is 10.8 Å². The quantitative estimate of drug-likeness (QED) is 0.726. The summed E-state index contributed by atoms with van der Waals surface area (Å²) in [5.74, 6) is -0.480. The lowest BCUT2D eigenvalue weighted by molar-refractivity contribution is 0.0696. The Bertz CT molecular complexity index is 438. The van der Waals surface area contributed by atoms with Crippen molar-refractivity contribution >= 4 is 5.97 Å². The summed E-state index contributed by atoms with van der Waals surface area (Å²) in [4.78, 5) is 10.9. The van der Waals surface area contributed by atoms with Gasteiger partial charge in [0.05, 0.1) is 5.56 Å². The molecular weight excluding hydrogens is 206 g/mol. The molecule has 86 valence electrons. The number of phenols is 1. The third-order valence-corrected chi connectivity index (χ3v) is 3.07. The van der Waals surface area contributed by atoms with Crippen molar-refractivity contribution in [2.24, 2.45) is 11.7 Å². The first-order valence-electron chi connectivity index (χ1n) is 5.33. The maximum atomic E-state index is 10.9. The van der Waals surface area contributed by atoms with E-state index in [1.54, 1.807) is 6.92 Å². The molecule has 1 aromatic rings. The van der Waals surface area contributed by atoms with Gasteiger partial charge in [-0.3, -0.25) is 0 Å². The third-order valence-electron chi connectivity index (χ3n) is 3.07. The average molecular weight is 221 g/mol. The molecule has 4 nitrogen and oxygen atoms in total. The Morgan fingerprint density at radius 1 is 1.50 bits per heavy atom. The maximum Gasteiger partial charge on any atom is 0.335 e. The van der Waals surface area contributed by atoms with Crippen molar-refractivity contribution in [1.82, 2.24) is 0 Å². The molecule has 0 radical (unpaired) electrons. The number of aromatic carboxylic acids is 1. The van der Waals surface area contributed by atoms with E-state index in [1.807, 2.05) is 0 Å². The van der Waals surface area contributed by atoms with Crippen LogP contribution in [0.2, 0.25) is 0 Å². The van der Waals surface area contributed by atoms with Gasteiger partial charge in [0.2, 0.25) is 0 Å². The van der Waals surface area contributed by atoms with Crippen molar-refractivity contribution in [2.45, 2.75) is 25.8 Å². The van der Waals surface area contributed by atoms with Crippen molar-refractivity contribution in [2.75, 3.05) is 0 Å². The number of hydrogen-bond donors (Lipinski definition) is 3. The molecule has 0 saturated heterocycles. The first-order valence-corrected chi connectivity index (χ1v) is 5.33. The molecule has 16 heavy (non-hydrogen) atoms. The zero-order valence-corrected chi connectivity index (χ0v) is 9.10. The van der Waals surface area contributed by atoms with Gasteiger partial charge in [-0.25, -0.2) is 4.79 Å². The number of carbonyl (C=O) groups is 1. The number of rotatable bonds is 3. The van der Waals surface area contributed by atoms with E-state index in [0.29, 0.717) is 17.0 Å². The van der Waals surface area contributed by atoms with Gasteiger partial charge in [-0.05, 0) is 43.4 Å². The summed E-state index contributed by atoms with van der Waals surface area (Å²) in [6.45, 7) is 1.69. The van der Waals surface area contributed by atoms with Gasteiger partial charge < -0.3 is 15.9 Å². The summed E-state index contributed by atoms with van der Waals surface area (Å²) in [6, 6.07) is 2.69. The van der Waals surface area contributed by atoms with Crippen molar-refractivity contribution in [3.05, 3.63) is 28.8 Å². The fourth-order valence-electron chi connectivity index (χ4n) is 1.89. The van der Waals surface area contributed by atoms with Gasteiger partial charge in [-0.2, -0.15) is 0 Å². The Balaban J connectivity index is 2.45. The lowest BCUT2D eigenvalue weighted by Crippen LogP contribution is -2.14. The average Bonchev–Trinajstić information content (AvgIpc) is 3.04. The molecule has 1 saturated carbocycles. The number of aryl methyl sites for hydroxylation is 1. The van der Waals surface area contributed by atoms with Crippen molar-refractivity contribution < 1.29 is 15.0 Å². The Labute approximate surface area is 93.7 Å². The van der Waals surface area contributed by atoms with E-state index in [2.05, 4.69) is 0 Å². The number of hydrogen-bond acceptors (Lipinski definition) is 3. The second-order valence-corrected chi connectivity index (χ2v) is 4.40. The minimum atomic E-state index is -0.993. The van der Waals surface area contributed by atoms with Gasteiger partial charge in [-0.1, -0.05) is 0 Å². The van der Waals surface area contributed by atoms with E-state index < -0.39 is 5.97 Å². The van der Waals surface area contributed by atoms with E-state index in [0.717, 1.165) is 12.8 Å². The largest absolute Gasteiger partial charge is 0.507 e. The fourth-order valence-corrected chi connectivity index (χ4v) is 1.89. The summed E-state index contributed by atoms with van der Waals surface area (Å²) in [5, 5.41) is 18.8. The van der Waals surface area contributed by atoms with Crippen molar-refractivity contribution in [1.29, 1.82) is 0 Å². The Morgan fingerprint density at radius 3 is 2.62 bits per heavy atom. The van der Waals surface area contributed by atoms with Crippen LogP contribution < -0.4 is 5.73 Å². The van der Waals surface area contributed by atoms with Crippen LogP contribution in [0.15, 0.2) is 12.1 Å². The topological polar surface area (TPSA) is 83.5 Å². The van der Waals surface area contributed by atoms with Crippen molar-refractivity contribution in [3.63, 3.8) is 0 Å². The molecule has 1 fully saturated rings. The number of benzene rings is 1. The monoisotopic (exact) mass is 221 g/mol. The fraction of sp³-hybridized carbons (Fsp3) is 0.417. The molecule has 1 aliphatic rings. The van der Waals surface area contributed by atoms with Crippen molar-refractivity contribution in [3.8, 4) is 5.75 Å². The molecule has 4 heteroatoms. The number of nitrogens with two attached hydrogens (primary N) is 1. The predicted molar refractivity (Wildman–Crippen MR) is 59.5 cm³/mol. The molecular formula is C12H15NO3. The number of carboxylic acid groups (broad SMARTS) is 1. The molecule has 0 bridgehead atoms. The van der Waals surface area contributed by atoms with Crippen LogP contribution in [0.1, 0.15) is 40.4 Å². The van der Waals surface area contributed by atoms with E-state index in [1.165, 1.54) is 12.1 Å². The summed E-state index contributed by atoms with van der Waals surface area (Å²) >= 11 is 0. The van der Waals surface area contributed by atoms with Crippen LogP contribution >= 0.6 is 0 Å². The molecule has 1 aliphatic carbocycles. The van der Waals surface area contributed by atoms with E-state index in [9.17, 15) is 9.90 Å². The third kappa shape index (κ3) is 1.88. The molecule has 2 rings (SSSR count). The highest BCUT2D eigenvalue weighted by atomic mass is 16.4. The summed E-state index contributed by atoms with van der Waals surface area (Å²) in [5.41, 5.74) is 7.28. The minimum Gasteiger partial charge on any atom is -0.507 e.